The predicted molar refractivity (Wildman–Crippen MR) is 75.1 cm³/mol. The van der Waals surface area contributed by atoms with Gasteiger partial charge in [-0.05, 0) is 51.3 Å². The van der Waals surface area contributed by atoms with Gasteiger partial charge in [0.15, 0.2) is 0 Å². The fourth-order valence-corrected chi connectivity index (χ4v) is 1.89. The topological polar surface area (TPSA) is 58.6 Å². The van der Waals surface area contributed by atoms with Crippen molar-refractivity contribution in [2.75, 3.05) is 6.61 Å². The van der Waals surface area contributed by atoms with Gasteiger partial charge in [-0.3, -0.25) is 4.79 Å². The van der Waals surface area contributed by atoms with Crippen molar-refractivity contribution in [1.82, 2.24) is 5.32 Å². The zero-order valence-electron chi connectivity index (χ0n) is 11.8. The average molecular weight is 265 g/mol. The van der Waals surface area contributed by atoms with Gasteiger partial charge in [0.1, 0.15) is 11.8 Å². The molecule has 2 unspecified atom stereocenters. The highest BCUT2D eigenvalue weighted by atomic mass is 16.5. The molecule has 0 radical (unpaired) electrons. The molecule has 0 fully saturated rings. The normalized spacial score (nSPS) is 13.8. The Morgan fingerprint density at radius 1 is 1.32 bits per heavy atom. The number of aryl methyl sites for hydroxylation is 1. The van der Waals surface area contributed by atoms with Crippen LogP contribution >= 0.6 is 0 Å². The highest BCUT2D eigenvalue weighted by Crippen LogP contribution is 2.12. The number of esters is 1. The number of phenolic OH excluding ortho intramolecular Hbond substituents is 1. The first kappa shape index (κ1) is 15.5. The molecule has 0 saturated heterocycles. The predicted octanol–water partition coefficient (Wildman–Crippen LogP) is 2.25. The summed E-state index contributed by atoms with van der Waals surface area (Å²) in [5, 5.41) is 12.4. The Kier molecular flexibility index (Phi) is 6.36. The standard InChI is InChI=1S/C15H23NO3/c1-4-19-15(18)12(3)16-11(2)5-6-13-7-9-14(17)10-8-13/h7-12,16-17H,4-6H2,1-3H3. The van der Waals surface area contributed by atoms with Gasteiger partial charge in [0.25, 0.3) is 0 Å². The fourth-order valence-electron chi connectivity index (χ4n) is 1.89. The lowest BCUT2D eigenvalue weighted by atomic mass is 10.1. The van der Waals surface area contributed by atoms with Crippen molar-refractivity contribution in [1.29, 1.82) is 0 Å². The van der Waals surface area contributed by atoms with E-state index in [-0.39, 0.29) is 23.8 Å². The van der Waals surface area contributed by atoms with Crippen molar-refractivity contribution in [2.24, 2.45) is 0 Å². The quantitative estimate of drug-likeness (QED) is 0.742. The van der Waals surface area contributed by atoms with Crippen LogP contribution in [0.1, 0.15) is 32.8 Å². The van der Waals surface area contributed by atoms with Gasteiger partial charge in [-0.15, -0.1) is 0 Å². The van der Waals surface area contributed by atoms with Crippen molar-refractivity contribution >= 4 is 5.97 Å². The van der Waals surface area contributed by atoms with Crippen LogP contribution in [0.25, 0.3) is 0 Å². The third kappa shape index (κ3) is 5.75. The molecule has 0 aliphatic rings. The molecule has 0 aliphatic carbocycles. The van der Waals surface area contributed by atoms with Crippen LogP contribution in [0.4, 0.5) is 0 Å². The molecular weight excluding hydrogens is 242 g/mol. The van der Waals surface area contributed by atoms with Crippen LogP contribution in [0.2, 0.25) is 0 Å². The molecule has 1 aromatic rings. The molecule has 19 heavy (non-hydrogen) atoms. The fraction of sp³-hybridized carbons (Fsp3) is 0.533. The summed E-state index contributed by atoms with van der Waals surface area (Å²) in [7, 11) is 0. The summed E-state index contributed by atoms with van der Waals surface area (Å²) in [6, 6.07) is 7.15. The van der Waals surface area contributed by atoms with Crippen LogP contribution < -0.4 is 5.32 Å². The minimum Gasteiger partial charge on any atom is -0.508 e. The number of aromatic hydroxyl groups is 1. The molecule has 0 aromatic heterocycles. The van der Waals surface area contributed by atoms with Gasteiger partial charge in [0, 0.05) is 6.04 Å². The number of hydrogen-bond donors (Lipinski definition) is 2. The molecular formula is C15H23NO3. The molecule has 0 aliphatic heterocycles. The molecule has 0 amide bonds. The third-order valence-corrected chi connectivity index (χ3v) is 2.98. The van der Waals surface area contributed by atoms with E-state index in [1.165, 1.54) is 5.56 Å². The highest BCUT2D eigenvalue weighted by Gasteiger charge is 2.15. The number of ether oxygens (including phenoxy) is 1. The van der Waals surface area contributed by atoms with Crippen LogP contribution in [0, 0.1) is 0 Å². The second-order valence-electron chi connectivity index (χ2n) is 4.75. The first-order valence-electron chi connectivity index (χ1n) is 6.73. The van der Waals surface area contributed by atoms with Crippen LogP contribution in [0.15, 0.2) is 24.3 Å². The van der Waals surface area contributed by atoms with E-state index in [9.17, 15) is 9.90 Å². The number of hydrogen-bond acceptors (Lipinski definition) is 4. The SMILES string of the molecule is CCOC(=O)C(C)NC(C)CCc1ccc(O)cc1. The second-order valence-corrected chi connectivity index (χ2v) is 4.75. The molecule has 0 bridgehead atoms. The van der Waals surface area contributed by atoms with Crippen molar-refractivity contribution in [3.63, 3.8) is 0 Å². The summed E-state index contributed by atoms with van der Waals surface area (Å²) in [6.45, 7) is 6.08. The van der Waals surface area contributed by atoms with E-state index in [0.29, 0.717) is 6.61 Å². The zero-order chi connectivity index (χ0) is 14.3. The largest absolute Gasteiger partial charge is 0.508 e. The van der Waals surface area contributed by atoms with Gasteiger partial charge in [-0.2, -0.15) is 0 Å². The Labute approximate surface area is 114 Å². The minimum atomic E-state index is -0.283. The molecule has 2 N–H and O–H groups in total. The van der Waals surface area contributed by atoms with Crippen LogP contribution in [-0.2, 0) is 16.0 Å². The number of carbonyl (C=O) groups excluding carboxylic acids is 1. The molecule has 4 nitrogen and oxygen atoms in total. The molecule has 0 heterocycles. The van der Waals surface area contributed by atoms with Crippen molar-refractivity contribution in [3.05, 3.63) is 29.8 Å². The molecule has 1 rings (SSSR count). The van der Waals surface area contributed by atoms with Crippen LogP contribution in [0.3, 0.4) is 0 Å². The molecule has 2 atom stereocenters. The van der Waals surface area contributed by atoms with E-state index in [2.05, 4.69) is 12.2 Å². The average Bonchev–Trinajstić information content (AvgIpc) is 2.38. The summed E-state index contributed by atoms with van der Waals surface area (Å²) in [6.07, 6.45) is 1.83. The van der Waals surface area contributed by atoms with E-state index in [0.717, 1.165) is 12.8 Å². The van der Waals surface area contributed by atoms with Gasteiger partial charge in [-0.1, -0.05) is 12.1 Å². The maximum absolute atomic E-state index is 11.5. The van der Waals surface area contributed by atoms with Gasteiger partial charge in [0.2, 0.25) is 0 Å². The summed E-state index contributed by atoms with van der Waals surface area (Å²) in [5.74, 6) is 0.0739. The van der Waals surface area contributed by atoms with E-state index in [4.69, 9.17) is 4.74 Å². The highest BCUT2D eigenvalue weighted by molar-refractivity contribution is 5.75. The van der Waals surface area contributed by atoms with Crippen LogP contribution in [0.5, 0.6) is 5.75 Å². The number of nitrogens with one attached hydrogen (secondary N) is 1. The third-order valence-electron chi connectivity index (χ3n) is 2.98. The Bertz CT molecular complexity index is 389. The summed E-state index contributed by atoms with van der Waals surface area (Å²) in [5.41, 5.74) is 1.18. The Balaban J connectivity index is 2.33. The van der Waals surface area contributed by atoms with Gasteiger partial charge < -0.3 is 15.2 Å². The molecule has 0 spiro atoms. The lowest BCUT2D eigenvalue weighted by molar-refractivity contribution is -0.145. The van der Waals surface area contributed by atoms with Crippen molar-refractivity contribution < 1.29 is 14.6 Å². The number of carbonyl (C=O) groups is 1. The van der Waals surface area contributed by atoms with E-state index < -0.39 is 0 Å². The van der Waals surface area contributed by atoms with Crippen molar-refractivity contribution in [3.8, 4) is 5.75 Å². The Hall–Kier alpha value is -1.55. The minimum absolute atomic E-state index is 0.209. The van der Waals surface area contributed by atoms with E-state index in [1.54, 1.807) is 19.1 Å². The molecule has 106 valence electrons. The maximum Gasteiger partial charge on any atom is 0.322 e. The summed E-state index contributed by atoms with van der Waals surface area (Å²) < 4.78 is 4.95. The number of phenols is 1. The lowest BCUT2D eigenvalue weighted by Gasteiger charge is -2.18. The van der Waals surface area contributed by atoms with Gasteiger partial charge >= 0.3 is 5.97 Å². The van der Waals surface area contributed by atoms with Gasteiger partial charge in [0.05, 0.1) is 6.61 Å². The monoisotopic (exact) mass is 265 g/mol. The second kappa shape index (κ2) is 7.79. The number of rotatable bonds is 7. The first-order valence-corrected chi connectivity index (χ1v) is 6.73. The molecule has 1 aromatic carbocycles. The molecule has 0 saturated carbocycles. The van der Waals surface area contributed by atoms with E-state index in [1.807, 2.05) is 19.1 Å². The summed E-state index contributed by atoms with van der Waals surface area (Å²) >= 11 is 0. The zero-order valence-corrected chi connectivity index (χ0v) is 11.8. The van der Waals surface area contributed by atoms with Crippen molar-refractivity contribution in [2.45, 2.75) is 45.7 Å². The first-order chi connectivity index (χ1) is 9.02. The Morgan fingerprint density at radius 2 is 1.95 bits per heavy atom. The maximum atomic E-state index is 11.5. The van der Waals surface area contributed by atoms with Crippen LogP contribution in [-0.4, -0.2) is 29.8 Å². The summed E-state index contributed by atoms with van der Waals surface area (Å²) in [4.78, 5) is 11.5. The van der Waals surface area contributed by atoms with E-state index >= 15 is 0 Å². The Morgan fingerprint density at radius 3 is 2.53 bits per heavy atom. The smallest absolute Gasteiger partial charge is 0.322 e. The van der Waals surface area contributed by atoms with Gasteiger partial charge in [-0.25, -0.2) is 0 Å². The molecule has 4 heteroatoms. The lowest BCUT2D eigenvalue weighted by Crippen LogP contribution is -2.41. The number of benzene rings is 1.